The van der Waals surface area contributed by atoms with Crippen molar-refractivity contribution < 1.29 is 9.90 Å². The molecule has 1 rings (SSSR count). The van der Waals surface area contributed by atoms with Crippen LogP contribution in [-0.2, 0) is 0 Å². The lowest BCUT2D eigenvalue weighted by atomic mass is 10.1. The standard InChI is InChI=1S/C8H9NO.C7H4O.H3N/c1-6-3-2-4-7(5-6)8(9)10;1-2-3-4-5-6-7-8;/h2-5H,1H3,(H2,9,10);8H,1H3;1H3. The molecule has 6 N–H and O–H groups in total. The quantitative estimate of drug-likeness (QED) is 0.665. The Hall–Kier alpha value is -2.87. The number of carbonyl (C=O) groups excluding carboxylic acids is 1. The molecule has 0 unspecified atom stereocenters. The first-order valence-electron chi connectivity index (χ1n) is 5.04. The maximum Gasteiger partial charge on any atom is 0.248 e. The second kappa shape index (κ2) is 11.6. The zero-order valence-electron chi connectivity index (χ0n) is 10.9. The third kappa shape index (κ3) is 10.0. The number of rotatable bonds is 1. The highest BCUT2D eigenvalue weighted by molar-refractivity contribution is 5.92. The molecule has 0 aliphatic carbocycles. The van der Waals surface area contributed by atoms with E-state index in [4.69, 9.17) is 10.8 Å². The van der Waals surface area contributed by atoms with Gasteiger partial charge >= 0.3 is 0 Å². The lowest BCUT2D eigenvalue weighted by molar-refractivity contribution is 0.1000. The number of aryl methyl sites for hydroxylation is 1. The molecule has 0 saturated heterocycles. The van der Waals surface area contributed by atoms with Crippen molar-refractivity contribution in [1.82, 2.24) is 6.15 Å². The van der Waals surface area contributed by atoms with Crippen LogP contribution >= 0.6 is 0 Å². The fourth-order valence-corrected chi connectivity index (χ4v) is 0.951. The summed E-state index contributed by atoms with van der Waals surface area (Å²) in [5.41, 5.74) is 6.67. The van der Waals surface area contributed by atoms with Crippen molar-refractivity contribution in [1.29, 1.82) is 0 Å². The van der Waals surface area contributed by atoms with E-state index in [-0.39, 0.29) is 12.1 Å². The smallest absolute Gasteiger partial charge is 0.248 e. The van der Waals surface area contributed by atoms with Crippen LogP contribution in [0.25, 0.3) is 0 Å². The molecular weight excluding hydrogens is 240 g/mol. The first-order valence-corrected chi connectivity index (χ1v) is 5.04. The molecule has 1 aromatic carbocycles. The molecule has 4 heteroatoms. The monoisotopic (exact) mass is 256 g/mol. The minimum Gasteiger partial charge on any atom is -0.461 e. The number of amides is 1. The summed E-state index contributed by atoms with van der Waals surface area (Å²) >= 11 is 0. The normalized spacial score (nSPS) is 6.42. The van der Waals surface area contributed by atoms with Crippen LogP contribution in [0.15, 0.2) is 24.3 Å². The summed E-state index contributed by atoms with van der Waals surface area (Å²) in [6.45, 7) is 3.60. The van der Waals surface area contributed by atoms with Crippen LogP contribution < -0.4 is 11.9 Å². The zero-order chi connectivity index (χ0) is 13.8. The van der Waals surface area contributed by atoms with Gasteiger partial charge in [0.15, 0.2) is 0 Å². The average molecular weight is 256 g/mol. The third-order valence-corrected chi connectivity index (χ3v) is 1.67. The van der Waals surface area contributed by atoms with Crippen LogP contribution in [0.1, 0.15) is 22.8 Å². The number of aliphatic hydroxyl groups excluding tert-OH is 1. The Morgan fingerprint density at radius 2 is 1.84 bits per heavy atom. The number of carbonyl (C=O) groups is 1. The van der Waals surface area contributed by atoms with Crippen LogP contribution in [0.2, 0.25) is 0 Å². The number of hydrogen-bond acceptors (Lipinski definition) is 3. The Balaban J connectivity index is 0. The van der Waals surface area contributed by atoms with Gasteiger partial charge in [0.1, 0.15) is 6.11 Å². The second-order valence-electron chi connectivity index (χ2n) is 3.10. The van der Waals surface area contributed by atoms with Crippen molar-refractivity contribution in [2.45, 2.75) is 13.8 Å². The summed E-state index contributed by atoms with van der Waals surface area (Å²) in [6.07, 6.45) is 1.64. The molecule has 19 heavy (non-hydrogen) atoms. The van der Waals surface area contributed by atoms with Gasteiger partial charge in [0.2, 0.25) is 5.91 Å². The highest BCUT2D eigenvalue weighted by Crippen LogP contribution is 2.01. The number of aliphatic hydroxyl groups is 1. The van der Waals surface area contributed by atoms with E-state index in [1.54, 1.807) is 25.2 Å². The van der Waals surface area contributed by atoms with Crippen LogP contribution in [-0.4, -0.2) is 11.0 Å². The summed E-state index contributed by atoms with van der Waals surface area (Å²) < 4.78 is 0. The van der Waals surface area contributed by atoms with E-state index >= 15 is 0 Å². The molecule has 98 valence electrons. The molecule has 0 saturated carbocycles. The third-order valence-electron chi connectivity index (χ3n) is 1.67. The Bertz CT molecular complexity index is 564. The molecule has 0 aliphatic rings. The largest absolute Gasteiger partial charge is 0.461 e. The zero-order valence-corrected chi connectivity index (χ0v) is 10.9. The van der Waals surface area contributed by atoms with Crippen molar-refractivity contribution in [3.05, 3.63) is 35.4 Å². The Kier molecular flexibility index (Phi) is 11.3. The molecule has 0 bridgehead atoms. The van der Waals surface area contributed by atoms with E-state index in [1.165, 1.54) is 0 Å². The lowest BCUT2D eigenvalue weighted by Crippen LogP contribution is -2.10. The van der Waals surface area contributed by atoms with E-state index in [2.05, 4.69) is 29.6 Å². The number of primary amides is 1. The second-order valence-corrected chi connectivity index (χ2v) is 3.10. The van der Waals surface area contributed by atoms with Crippen molar-refractivity contribution in [2.24, 2.45) is 5.73 Å². The minimum absolute atomic E-state index is 0. The van der Waals surface area contributed by atoms with Gasteiger partial charge in [0.05, 0.1) is 0 Å². The van der Waals surface area contributed by atoms with Gasteiger partial charge in [0.25, 0.3) is 0 Å². The number of benzene rings is 1. The molecular formula is C15H16N2O2. The van der Waals surface area contributed by atoms with Crippen molar-refractivity contribution in [3.63, 3.8) is 0 Å². The fraction of sp³-hybridized carbons (Fsp3) is 0.133. The van der Waals surface area contributed by atoms with Gasteiger partial charge in [-0.25, -0.2) is 0 Å². The van der Waals surface area contributed by atoms with Gasteiger partial charge in [-0.15, -0.1) is 0 Å². The Morgan fingerprint density at radius 1 is 1.21 bits per heavy atom. The first kappa shape index (κ1) is 18.5. The SMILES string of the molecule is CC#CC#CC#CO.Cc1cccc(C(N)=O)c1.N. The van der Waals surface area contributed by atoms with E-state index in [1.807, 2.05) is 19.1 Å². The summed E-state index contributed by atoms with van der Waals surface area (Å²) in [5, 5.41) is 7.85. The summed E-state index contributed by atoms with van der Waals surface area (Å²) in [7, 11) is 0. The maximum absolute atomic E-state index is 10.6. The number of hydrogen-bond donors (Lipinski definition) is 3. The van der Waals surface area contributed by atoms with Gasteiger partial charge < -0.3 is 17.0 Å². The molecule has 4 nitrogen and oxygen atoms in total. The van der Waals surface area contributed by atoms with E-state index < -0.39 is 0 Å². The summed E-state index contributed by atoms with van der Waals surface area (Å²) in [5.74, 6) is 11.5. The highest BCUT2D eigenvalue weighted by Gasteiger charge is 1.96. The fourth-order valence-electron chi connectivity index (χ4n) is 0.951. The van der Waals surface area contributed by atoms with Gasteiger partial charge in [-0.3, -0.25) is 4.79 Å². The summed E-state index contributed by atoms with van der Waals surface area (Å²) in [6, 6.07) is 7.21. The lowest BCUT2D eigenvalue weighted by Gasteiger charge is -1.94. The van der Waals surface area contributed by atoms with Crippen LogP contribution in [0.3, 0.4) is 0 Å². The molecule has 0 spiro atoms. The van der Waals surface area contributed by atoms with Crippen molar-refractivity contribution in [2.75, 3.05) is 0 Å². The van der Waals surface area contributed by atoms with Gasteiger partial charge in [-0.05, 0) is 37.8 Å². The Morgan fingerprint density at radius 3 is 2.26 bits per heavy atom. The highest BCUT2D eigenvalue weighted by atomic mass is 16.2. The Labute approximate surface area is 113 Å². The molecule has 0 heterocycles. The van der Waals surface area contributed by atoms with Crippen LogP contribution in [0.5, 0.6) is 0 Å². The van der Waals surface area contributed by atoms with Gasteiger partial charge in [-0.2, -0.15) is 0 Å². The van der Waals surface area contributed by atoms with Gasteiger partial charge in [-0.1, -0.05) is 23.6 Å². The van der Waals surface area contributed by atoms with E-state index in [9.17, 15) is 4.79 Å². The molecule has 0 radical (unpaired) electrons. The molecule has 0 fully saturated rings. The minimum atomic E-state index is -0.372. The predicted octanol–water partition coefficient (Wildman–Crippen LogP) is 1.60. The van der Waals surface area contributed by atoms with E-state index in [0.717, 1.165) is 5.56 Å². The molecule has 1 aromatic rings. The van der Waals surface area contributed by atoms with Crippen molar-refractivity contribution >= 4 is 5.91 Å². The van der Waals surface area contributed by atoms with Gasteiger partial charge in [0, 0.05) is 17.4 Å². The molecule has 0 aromatic heterocycles. The maximum atomic E-state index is 10.6. The predicted molar refractivity (Wildman–Crippen MR) is 75.7 cm³/mol. The summed E-state index contributed by atoms with van der Waals surface area (Å²) in [4.78, 5) is 10.6. The number of nitrogens with two attached hydrogens (primary N) is 1. The van der Waals surface area contributed by atoms with Crippen LogP contribution in [0.4, 0.5) is 0 Å². The van der Waals surface area contributed by atoms with Crippen molar-refractivity contribution in [3.8, 4) is 35.7 Å². The first-order chi connectivity index (χ1) is 8.61. The van der Waals surface area contributed by atoms with E-state index in [0.29, 0.717) is 5.56 Å². The average Bonchev–Trinajstić information content (AvgIpc) is 2.35. The topological polar surface area (TPSA) is 98.3 Å². The molecule has 1 amide bonds. The van der Waals surface area contributed by atoms with Crippen LogP contribution in [0, 0.1) is 42.6 Å². The molecule has 0 aliphatic heterocycles. The molecule has 0 atom stereocenters.